The van der Waals surface area contributed by atoms with Crippen molar-refractivity contribution in [3.05, 3.63) is 35.9 Å². The third-order valence-electron chi connectivity index (χ3n) is 3.08. The van der Waals surface area contributed by atoms with Crippen LogP contribution in [0.1, 0.15) is 25.8 Å². The molecule has 5 heteroatoms. The number of carboxylic acids is 1. The summed E-state index contributed by atoms with van der Waals surface area (Å²) in [7, 11) is 0. The molecule has 1 amide bonds. The Morgan fingerprint density at radius 2 is 1.89 bits per heavy atom. The predicted octanol–water partition coefficient (Wildman–Crippen LogP) is 1.18. The number of carbonyl (C=O) groups is 2. The highest BCUT2D eigenvalue weighted by Gasteiger charge is 2.33. The van der Waals surface area contributed by atoms with Crippen molar-refractivity contribution in [2.24, 2.45) is 5.73 Å². The largest absolute Gasteiger partial charge is 0.481 e. The fourth-order valence-corrected chi connectivity index (χ4v) is 1.87. The molecule has 0 aliphatic heterocycles. The van der Waals surface area contributed by atoms with E-state index in [4.69, 9.17) is 10.8 Å². The van der Waals surface area contributed by atoms with Gasteiger partial charge in [0.1, 0.15) is 5.54 Å². The number of rotatable bonds is 6. The van der Waals surface area contributed by atoms with Gasteiger partial charge in [0.05, 0.1) is 6.42 Å². The highest BCUT2D eigenvalue weighted by atomic mass is 16.4. The minimum absolute atomic E-state index is 0.0789. The molecule has 5 nitrogen and oxygen atoms in total. The van der Waals surface area contributed by atoms with Crippen molar-refractivity contribution in [3.63, 3.8) is 0 Å². The van der Waals surface area contributed by atoms with Crippen LogP contribution in [0.15, 0.2) is 30.3 Å². The van der Waals surface area contributed by atoms with Crippen molar-refractivity contribution in [3.8, 4) is 0 Å². The van der Waals surface area contributed by atoms with Crippen LogP contribution in [0.4, 0.5) is 0 Å². The van der Waals surface area contributed by atoms with Crippen LogP contribution >= 0.6 is 0 Å². The van der Waals surface area contributed by atoms with Gasteiger partial charge >= 0.3 is 5.97 Å². The third kappa shape index (κ3) is 3.79. The molecular weight excluding hydrogens is 244 g/mol. The molecule has 104 valence electrons. The van der Waals surface area contributed by atoms with Gasteiger partial charge in [0.2, 0.25) is 5.91 Å². The van der Waals surface area contributed by atoms with Crippen LogP contribution in [0.3, 0.4) is 0 Å². The average molecular weight is 264 g/mol. The zero-order chi connectivity index (χ0) is 14.5. The number of benzene rings is 1. The van der Waals surface area contributed by atoms with Gasteiger partial charge in [-0.25, -0.2) is 0 Å². The lowest BCUT2D eigenvalue weighted by Gasteiger charge is -2.31. The summed E-state index contributed by atoms with van der Waals surface area (Å²) < 4.78 is 0. The Hall–Kier alpha value is -1.88. The lowest BCUT2D eigenvalue weighted by atomic mass is 9.91. The minimum atomic E-state index is -1.14. The van der Waals surface area contributed by atoms with Gasteiger partial charge in [0, 0.05) is 13.1 Å². The van der Waals surface area contributed by atoms with E-state index in [-0.39, 0.29) is 18.9 Å². The van der Waals surface area contributed by atoms with E-state index < -0.39 is 11.5 Å². The fourth-order valence-electron chi connectivity index (χ4n) is 1.87. The average Bonchev–Trinajstić information content (AvgIpc) is 2.39. The first-order valence-electron chi connectivity index (χ1n) is 6.25. The second-order valence-corrected chi connectivity index (χ2v) is 4.60. The number of likely N-dealkylation sites (N-methyl/N-ethyl adjacent to an activating group) is 1. The summed E-state index contributed by atoms with van der Waals surface area (Å²) in [5.41, 5.74) is 5.70. The SMILES string of the molecule is CCN(CCC(=O)O)C(=O)C(C)(N)c1ccccc1. The van der Waals surface area contributed by atoms with E-state index in [0.717, 1.165) is 0 Å². The van der Waals surface area contributed by atoms with Crippen LogP contribution in [0.25, 0.3) is 0 Å². The molecule has 1 aromatic carbocycles. The van der Waals surface area contributed by atoms with Gasteiger partial charge in [-0.3, -0.25) is 9.59 Å². The number of hydrogen-bond acceptors (Lipinski definition) is 3. The summed E-state index contributed by atoms with van der Waals surface area (Å²) in [5.74, 6) is -1.19. The Bertz CT molecular complexity index is 443. The molecular formula is C14H20N2O3. The van der Waals surface area contributed by atoms with Crippen LogP contribution < -0.4 is 5.73 Å². The Morgan fingerprint density at radius 3 is 2.37 bits per heavy atom. The molecule has 0 spiro atoms. The maximum absolute atomic E-state index is 12.4. The lowest BCUT2D eigenvalue weighted by Crippen LogP contribution is -2.51. The van der Waals surface area contributed by atoms with Crippen LogP contribution in [-0.2, 0) is 15.1 Å². The summed E-state index contributed by atoms with van der Waals surface area (Å²) in [6.07, 6.45) is -0.0789. The van der Waals surface area contributed by atoms with Gasteiger partial charge in [0.25, 0.3) is 0 Å². The molecule has 1 unspecified atom stereocenters. The summed E-state index contributed by atoms with van der Waals surface area (Å²) in [5, 5.41) is 8.69. The number of amides is 1. The Labute approximate surface area is 113 Å². The molecule has 3 N–H and O–H groups in total. The summed E-state index contributed by atoms with van der Waals surface area (Å²) >= 11 is 0. The zero-order valence-corrected chi connectivity index (χ0v) is 11.3. The molecule has 0 bridgehead atoms. The smallest absolute Gasteiger partial charge is 0.305 e. The van der Waals surface area contributed by atoms with E-state index in [9.17, 15) is 9.59 Å². The second kappa shape index (κ2) is 6.33. The number of hydrogen-bond donors (Lipinski definition) is 2. The number of nitrogens with two attached hydrogens (primary N) is 1. The normalized spacial score (nSPS) is 13.6. The minimum Gasteiger partial charge on any atom is -0.481 e. The Balaban J connectivity index is 2.87. The van der Waals surface area contributed by atoms with Crippen LogP contribution in [0.2, 0.25) is 0 Å². The van der Waals surface area contributed by atoms with Crippen LogP contribution in [0, 0.1) is 0 Å². The fraction of sp³-hybridized carbons (Fsp3) is 0.429. The molecule has 0 radical (unpaired) electrons. The number of aliphatic carboxylic acids is 1. The van der Waals surface area contributed by atoms with Gasteiger partial charge in [-0.15, -0.1) is 0 Å². The molecule has 1 aromatic rings. The van der Waals surface area contributed by atoms with Crippen molar-refractivity contribution in [2.75, 3.05) is 13.1 Å². The van der Waals surface area contributed by atoms with Gasteiger partial charge in [-0.2, -0.15) is 0 Å². The summed E-state index contributed by atoms with van der Waals surface area (Å²) in [4.78, 5) is 24.5. The second-order valence-electron chi connectivity index (χ2n) is 4.60. The van der Waals surface area contributed by atoms with Gasteiger partial charge in [-0.1, -0.05) is 30.3 Å². The van der Waals surface area contributed by atoms with E-state index in [2.05, 4.69) is 0 Å². The van der Waals surface area contributed by atoms with E-state index in [0.29, 0.717) is 12.1 Å². The van der Waals surface area contributed by atoms with E-state index in [1.165, 1.54) is 4.90 Å². The van der Waals surface area contributed by atoms with E-state index in [1.54, 1.807) is 26.0 Å². The van der Waals surface area contributed by atoms with E-state index >= 15 is 0 Å². The molecule has 0 saturated heterocycles. The van der Waals surface area contributed by atoms with Crippen LogP contribution in [-0.4, -0.2) is 35.0 Å². The molecule has 0 aliphatic carbocycles. The quantitative estimate of drug-likeness (QED) is 0.808. The molecule has 0 aromatic heterocycles. The topological polar surface area (TPSA) is 83.6 Å². The molecule has 0 saturated carbocycles. The molecule has 0 fully saturated rings. The Kier molecular flexibility index (Phi) is 5.06. The van der Waals surface area contributed by atoms with Gasteiger partial charge in [-0.05, 0) is 19.4 Å². The highest BCUT2D eigenvalue weighted by molar-refractivity contribution is 5.87. The number of nitrogens with zero attached hydrogens (tertiary/aromatic N) is 1. The monoisotopic (exact) mass is 264 g/mol. The molecule has 1 rings (SSSR count). The maximum Gasteiger partial charge on any atom is 0.305 e. The first kappa shape index (κ1) is 15.2. The first-order valence-corrected chi connectivity index (χ1v) is 6.25. The predicted molar refractivity (Wildman–Crippen MR) is 72.5 cm³/mol. The molecule has 1 atom stereocenters. The highest BCUT2D eigenvalue weighted by Crippen LogP contribution is 2.20. The van der Waals surface area contributed by atoms with Gasteiger partial charge < -0.3 is 15.7 Å². The standard InChI is InChI=1S/C14H20N2O3/c1-3-16(10-9-12(17)18)13(19)14(2,15)11-7-5-4-6-8-11/h4-8H,3,9-10,15H2,1-2H3,(H,17,18). The molecule has 0 aliphatic rings. The van der Waals surface area contributed by atoms with Crippen molar-refractivity contribution in [2.45, 2.75) is 25.8 Å². The third-order valence-corrected chi connectivity index (χ3v) is 3.08. The number of carbonyl (C=O) groups excluding carboxylic acids is 1. The molecule has 0 heterocycles. The first-order chi connectivity index (χ1) is 8.89. The van der Waals surface area contributed by atoms with Crippen molar-refractivity contribution in [1.82, 2.24) is 4.90 Å². The lowest BCUT2D eigenvalue weighted by molar-refractivity contribution is -0.140. The van der Waals surface area contributed by atoms with Crippen molar-refractivity contribution >= 4 is 11.9 Å². The van der Waals surface area contributed by atoms with Crippen molar-refractivity contribution < 1.29 is 14.7 Å². The van der Waals surface area contributed by atoms with Crippen LogP contribution in [0.5, 0.6) is 0 Å². The van der Waals surface area contributed by atoms with Crippen molar-refractivity contribution in [1.29, 1.82) is 0 Å². The van der Waals surface area contributed by atoms with Gasteiger partial charge in [0.15, 0.2) is 0 Å². The van der Waals surface area contributed by atoms with E-state index in [1.807, 2.05) is 18.2 Å². The maximum atomic E-state index is 12.4. The summed E-state index contributed by atoms with van der Waals surface area (Å²) in [6, 6.07) is 9.08. The Morgan fingerprint density at radius 1 is 1.32 bits per heavy atom. The number of carboxylic acid groups (broad SMARTS) is 1. The zero-order valence-electron chi connectivity index (χ0n) is 11.3. The molecule has 19 heavy (non-hydrogen) atoms. The summed E-state index contributed by atoms with van der Waals surface area (Å²) in [6.45, 7) is 4.06.